The molecule has 0 amide bonds. The van der Waals surface area contributed by atoms with Gasteiger partial charge in [0.2, 0.25) is 0 Å². The van der Waals surface area contributed by atoms with Crippen LogP contribution >= 0.6 is 0 Å². The molecule has 2 aliphatic heterocycles. The van der Waals surface area contributed by atoms with E-state index in [4.69, 9.17) is 38.2 Å². The zero-order valence-corrected chi connectivity index (χ0v) is 33.7. The van der Waals surface area contributed by atoms with Gasteiger partial charge in [0.25, 0.3) is 0 Å². The molecule has 2 aliphatic rings. The second kappa shape index (κ2) is 17.3. The van der Waals surface area contributed by atoms with Gasteiger partial charge in [0.1, 0.15) is 0 Å². The molecule has 0 fully saturated rings. The van der Waals surface area contributed by atoms with Gasteiger partial charge < -0.3 is 41.9 Å². The first-order valence-electron chi connectivity index (χ1n) is 16.4. The number of rotatable bonds is 0. The third-order valence-corrected chi connectivity index (χ3v) is 7.63. The fourth-order valence-corrected chi connectivity index (χ4v) is 5.70. The zero-order valence-electron chi connectivity index (χ0n) is 29.7. The Morgan fingerprint density at radius 3 is 1.08 bits per heavy atom. The summed E-state index contributed by atoms with van der Waals surface area (Å²) < 4.78 is 10.0. The van der Waals surface area contributed by atoms with Crippen molar-refractivity contribution in [2.75, 3.05) is 0 Å². The van der Waals surface area contributed by atoms with Crippen LogP contribution in [0.3, 0.4) is 0 Å². The van der Waals surface area contributed by atoms with E-state index in [2.05, 4.69) is 7.05 Å². The van der Waals surface area contributed by atoms with E-state index in [1.54, 1.807) is 4.57 Å². The molecule has 0 radical (unpaired) electrons. The number of hydrogen-bond donors (Lipinski definition) is 0. The van der Waals surface area contributed by atoms with Crippen LogP contribution in [0.4, 0.5) is 0 Å². The van der Waals surface area contributed by atoms with Crippen LogP contribution in [0, 0.1) is 14.5 Å². The van der Waals surface area contributed by atoms with Crippen molar-refractivity contribution < 1.29 is 28.3 Å². The van der Waals surface area contributed by atoms with E-state index < -0.39 is 0 Å². The van der Waals surface area contributed by atoms with Gasteiger partial charge in [0, 0.05) is 45.4 Å². The molecule has 9 rings (SSSR count). The number of benzene rings is 4. The first kappa shape index (κ1) is 39.1. The molecule has 263 valence electrons. The van der Waals surface area contributed by atoms with E-state index in [1.807, 2.05) is 139 Å². The fraction of sp³-hybridized carbons (Fsp3) is 0.150. The molecule has 3 aromatic heterocycles. The van der Waals surface area contributed by atoms with Crippen LogP contribution in [0.2, 0.25) is 0 Å². The summed E-state index contributed by atoms with van der Waals surface area (Å²) in [4.78, 5) is 34.8. The third-order valence-electron chi connectivity index (χ3n) is 7.63. The molecule has 0 saturated heterocycles. The minimum absolute atomic E-state index is 0. The Morgan fingerprint density at radius 1 is 0.471 bits per heavy atom. The van der Waals surface area contributed by atoms with Crippen LogP contribution in [-0.2, 0) is 23.7 Å². The number of aromatic nitrogens is 8. The average molecular weight is 953 g/mol. The predicted molar refractivity (Wildman–Crippen MR) is 198 cm³/mol. The van der Waals surface area contributed by atoms with E-state index in [0.717, 1.165) is 64.2 Å². The Labute approximate surface area is 304 Å². The second-order valence-corrected chi connectivity index (χ2v) is 9.98. The Hall–Kier alpha value is -6.38. The van der Waals surface area contributed by atoms with Crippen molar-refractivity contribution in [1.29, 1.82) is 0 Å². The minimum atomic E-state index is 0. The summed E-state index contributed by atoms with van der Waals surface area (Å²) in [5, 5.41) is 3.58. The van der Waals surface area contributed by atoms with Gasteiger partial charge in [-0.25, -0.2) is 4.98 Å². The van der Waals surface area contributed by atoms with Crippen molar-refractivity contribution in [2.24, 2.45) is 0 Å². The molecule has 0 atom stereocenters. The van der Waals surface area contributed by atoms with Gasteiger partial charge in [0.05, 0.1) is 11.6 Å². The quantitative estimate of drug-likeness (QED) is 0.0841. The van der Waals surface area contributed by atoms with Crippen molar-refractivity contribution in [1.82, 2.24) is 34.9 Å². The van der Waals surface area contributed by atoms with Crippen LogP contribution < -0.4 is 14.5 Å². The molecule has 11 heteroatoms. The summed E-state index contributed by atoms with van der Waals surface area (Å²) in [6, 6.07) is 31.9. The average Bonchev–Trinajstić information content (AvgIpc) is 3.90. The molecular formula is C40H39FmN8OTi-2. The van der Waals surface area contributed by atoms with Crippen LogP contribution in [0.5, 0.6) is 0 Å². The Balaban J connectivity index is 0.000000660. The molecule has 8 bridgehead atoms. The summed E-state index contributed by atoms with van der Waals surface area (Å²) in [7, 11) is 4.36. The monoisotopic (exact) mass is 952 g/mol. The normalized spacial score (nSPS) is 10.1. The molecule has 0 unspecified atom stereocenters. The van der Waals surface area contributed by atoms with E-state index in [9.17, 15) is 0 Å². The van der Waals surface area contributed by atoms with Gasteiger partial charge in [0.15, 0.2) is 0 Å². The number of nitrogens with zero attached hydrogens (tertiary/aromatic N) is 8. The van der Waals surface area contributed by atoms with Crippen LogP contribution in [-0.4, -0.2) is 24.9 Å². The fourth-order valence-electron chi connectivity index (χ4n) is 5.70. The predicted octanol–water partition coefficient (Wildman–Crippen LogP) is 9.07. The molecule has 9 nitrogen and oxygen atoms in total. The van der Waals surface area contributed by atoms with Crippen molar-refractivity contribution in [3.8, 4) is 45.6 Å². The number of fused-ring (bicyclic) bond motifs is 20. The van der Waals surface area contributed by atoms with Crippen molar-refractivity contribution >= 4 is 44.1 Å². The summed E-state index contributed by atoms with van der Waals surface area (Å²) in [5.74, 6) is 2.41. The summed E-state index contributed by atoms with van der Waals surface area (Å²) in [6.45, 7) is 12.0. The molecule has 0 saturated carbocycles. The van der Waals surface area contributed by atoms with Gasteiger partial charge in [-0.2, -0.15) is 0 Å². The molecule has 4 aromatic carbocycles. The molecule has 0 aliphatic carbocycles. The zero-order chi connectivity index (χ0) is 35.1. The van der Waals surface area contributed by atoms with Crippen molar-refractivity contribution in [3.05, 3.63) is 112 Å². The van der Waals surface area contributed by atoms with Gasteiger partial charge in [-0.1, -0.05) is 146 Å². The molecule has 0 N–H and O–H groups in total. The van der Waals surface area contributed by atoms with Gasteiger partial charge in [-0.15, -0.1) is 0 Å². The summed E-state index contributed by atoms with van der Waals surface area (Å²) in [6.07, 6.45) is 0. The summed E-state index contributed by atoms with van der Waals surface area (Å²) in [5.41, 5.74) is 5.85. The van der Waals surface area contributed by atoms with E-state index in [-0.39, 0.29) is 7.43 Å². The Morgan fingerprint density at radius 2 is 0.745 bits per heavy atom. The number of hydrogen-bond acceptors (Lipinski definition) is 6. The molecule has 7 aromatic rings. The van der Waals surface area contributed by atoms with E-state index in [1.165, 1.54) is 0 Å². The van der Waals surface area contributed by atoms with E-state index in [0.29, 0.717) is 45.9 Å². The van der Waals surface area contributed by atoms with Gasteiger partial charge in [-0.05, 0) is 32.7 Å². The SMILES string of the molecule is CC.CC.CC.[CH2-][n+]1c2nc3[n-]c(nc4nc(nc5[n-]c(nc1-c1ccccc1-2)c1ccccc51)-c1ccccc1-4)c1ccccc31.[CH3-].[Fm].[O]=[Ti+]. The van der Waals surface area contributed by atoms with Crippen LogP contribution in [0.25, 0.3) is 89.7 Å². The Kier molecular flexibility index (Phi) is 13.3. The standard InChI is InChI=1S/C33H18N8.3C2H6.CH3.Fm.O.Ti/c1-41-32-24-16-8-9-17-25(24)33(41)40-31-23-15-7-5-13-21(23)29(38-31)36-27-19-11-3-2-10-18(19)26(34-27)35-28-20-12-4-6-14-22(20)30(37-28)39-32;3*1-2;;;;/h2-17H,1H2;3*1-2H3;1H3;;;/q-2;;;;-1;;;+1. The Bertz CT molecular complexity index is 2280. The summed E-state index contributed by atoms with van der Waals surface area (Å²) >= 11 is 0.750. The first-order valence-corrected chi connectivity index (χ1v) is 17.0. The molecular weight excluding hydrogens is 913 g/mol. The molecule has 51 heavy (non-hydrogen) atoms. The maximum absolute atomic E-state index is 8.25. The first-order chi connectivity index (χ1) is 24.2. The third kappa shape index (κ3) is 6.77. The molecule has 0 spiro atoms. The van der Waals surface area contributed by atoms with Crippen molar-refractivity contribution in [2.45, 2.75) is 41.5 Å². The maximum atomic E-state index is 8.25. The van der Waals surface area contributed by atoms with Crippen molar-refractivity contribution in [3.63, 3.8) is 0 Å². The second-order valence-electron chi connectivity index (χ2n) is 9.98. The van der Waals surface area contributed by atoms with Crippen LogP contribution in [0.1, 0.15) is 41.5 Å². The van der Waals surface area contributed by atoms with Gasteiger partial charge >= 0.3 is 23.7 Å². The van der Waals surface area contributed by atoms with Gasteiger partial charge in [-0.3, -0.25) is 0 Å². The topological polar surface area (TPSA) is 114 Å². The molecule has 5 heterocycles. The van der Waals surface area contributed by atoms with E-state index >= 15 is 0 Å². The van der Waals surface area contributed by atoms with Crippen LogP contribution in [0.15, 0.2) is 97.1 Å².